The molecule has 2 aromatic rings. The van der Waals surface area contributed by atoms with Crippen LogP contribution in [0.4, 0.5) is 5.69 Å². The average Bonchev–Trinajstić information content (AvgIpc) is 2.90. The number of methoxy groups -OCH3 is 1. The van der Waals surface area contributed by atoms with Crippen LogP contribution < -0.4 is 9.64 Å². The Morgan fingerprint density at radius 3 is 2.90 bits per heavy atom. The second kappa shape index (κ2) is 5.48. The van der Waals surface area contributed by atoms with Crippen molar-refractivity contribution in [2.45, 2.75) is 13.0 Å². The lowest BCUT2D eigenvalue weighted by Crippen LogP contribution is -2.19. The number of anilines is 1. The van der Waals surface area contributed by atoms with Crippen molar-refractivity contribution in [3.05, 3.63) is 59.2 Å². The molecule has 2 aromatic carbocycles. The van der Waals surface area contributed by atoms with Crippen molar-refractivity contribution in [3.63, 3.8) is 0 Å². The van der Waals surface area contributed by atoms with Gasteiger partial charge < -0.3 is 14.7 Å². The Hall–Kier alpha value is -2.49. The molecule has 0 saturated heterocycles. The minimum Gasteiger partial charge on any atom is -0.497 e. The highest BCUT2D eigenvalue weighted by Crippen LogP contribution is 2.30. The second-order valence-electron chi connectivity index (χ2n) is 5.17. The van der Waals surface area contributed by atoms with Gasteiger partial charge in [0, 0.05) is 18.8 Å². The smallest absolute Gasteiger partial charge is 0.335 e. The van der Waals surface area contributed by atoms with E-state index in [0.29, 0.717) is 5.56 Å². The number of fused-ring (bicyclic) bond motifs is 1. The third-order valence-electron chi connectivity index (χ3n) is 3.83. The van der Waals surface area contributed by atoms with Gasteiger partial charge >= 0.3 is 5.97 Å². The fourth-order valence-electron chi connectivity index (χ4n) is 2.76. The zero-order chi connectivity index (χ0) is 14.8. The molecule has 0 radical (unpaired) electrons. The fraction of sp³-hybridized carbons (Fsp3) is 0.235. The van der Waals surface area contributed by atoms with E-state index in [1.165, 1.54) is 5.56 Å². The van der Waals surface area contributed by atoms with Crippen molar-refractivity contribution in [2.24, 2.45) is 0 Å². The largest absolute Gasteiger partial charge is 0.497 e. The van der Waals surface area contributed by atoms with E-state index in [9.17, 15) is 4.79 Å². The van der Waals surface area contributed by atoms with Crippen molar-refractivity contribution in [3.8, 4) is 5.75 Å². The Labute approximate surface area is 123 Å². The number of nitrogens with zero attached hydrogens (tertiary/aromatic N) is 1. The second-order valence-corrected chi connectivity index (χ2v) is 5.17. The minimum absolute atomic E-state index is 0.358. The molecule has 0 unspecified atom stereocenters. The summed E-state index contributed by atoms with van der Waals surface area (Å²) in [7, 11) is 1.66. The van der Waals surface area contributed by atoms with E-state index < -0.39 is 5.97 Å². The first-order valence-electron chi connectivity index (χ1n) is 6.91. The zero-order valence-electron chi connectivity index (χ0n) is 11.9. The maximum Gasteiger partial charge on any atom is 0.335 e. The van der Waals surface area contributed by atoms with E-state index >= 15 is 0 Å². The van der Waals surface area contributed by atoms with Crippen LogP contribution in [-0.2, 0) is 13.0 Å². The number of carboxylic acid groups (broad SMARTS) is 1. The van der Waals surface area contributed by atoms with E-state index in [1.54, 1.807) is 19.2 Å². The van der Waals surface area contributed by atoms with Gasteiger partial charge in [0.15, 0.2) is 0 Å². The molecule has 4 nitrogen and oxygen atoms in total. The Morgan fingerprint density at radius 2 is 2.14 bits per heavy atom. The molecule has 1 N–H and O–H groups in total. The summed E-state index contributed by atoms with van der Waals surface area (Å²) in [5, 5.41) is 9.05. The molecule has 1 aliphatic rings. The summed E-state index contributed by atoms with van der Waals surface area (Å²) in [5.41, 5.74) is 3.78. The summed E-state index contributed by atoms with van der Waals surface area (Å²) >= 11 is 0. The number of carboxylic acids is 1. The molecule has 3 rings (SSSR count). The standard InChI is InChI=1S/C17H17NO3/c1-21-15-4-2-3-12(9-15)11-18-8-7-13-10-14(17(19)20)5-6-16(13)18/h2-6,9-10H,7-8,11H2,1H3,(H,19,20). The van der Waals surface area contributed by atoms with Crippen LogP contribution in [0.15, 0.2) is 42.5 Å². The predicted molar refractivity (Wildman–Crippen MR) is 81.1 cm³/mol. The maximum atomic E-state index is 11.0. The summed E-state index contributed by atoms with van der Waals surface area (Å²) in [6, 6.07) is 13.4. The molecule has 108 valence electrons. The monoisotopic (exact) mass is 283 g/mol. The lowest BCUT2D eigenvalue weighted by molar-refractivity contribution is 0.0697. The summed E-state index contributed by atoms with van der Waals surface area (Å²) in [4.78, 5) is 13.3. The Bertz CT molecular complexity index is 681. The van der Waals surface area contributed by atoms with Crippen molar-refractivity contribution in [2.75, 3.05) is 18.6 Å². The van der Waals surface area contributed by atoms with Crippen LogP contribution in [0.2, 0.25) is 0 Å². The molecule has 4 heteroatoms. The molecule has 21 heavy (non-hydrogen) atoms. The van der Waals surface area contributed by atoms with Crippen LogP contribution in [0.5, 0.6) is 5.75 Å². The van der Waals surface area contributed by atoms with Crippen molar-refractivity contribution >= 4 is 11.7 Å². The number of benzene rings is 2. The maximum absolute atomic E-state index is 11.0. The van der Waals surface area contributed by atoms with Gasteiger partial charge in [0.1, 0.15) is 5.75 Å². The molecule has 0 atom stereocenters. The lowest BCUT2D eigenvalue weighted by Gasteiger charge is -2.20. The first-order chi connectivity index (χ1) is 10.2. The van der Waals surface area contributed by atoms with Gasteiger partial charge in [-0.2, -0.15) is 0 Å². The number of hydrogen-bond acceptors (Lipinski definition) is 3. The SMILES string of the molecule is COc1cccc(CN2CCc3cc(C(=O)O)ccc32)c1. The van der Waals surface area contributed by atoms with E-state index in [4.69, 9.17) is 9.84 Å². The molecule has 0 bridgehead atoms. The number of aromatic carboxylic acids is 1. The van der Waals surface area contributed by atoms with Crippen LogP contribution in [0.25, 0.3) is 0 Å². The molecule has 0 spiro atoms. The van der Waals surface area contributed by atoms with Gasteiger partial charge in [0.2, 0.25) is 0 Å². The van der Waals surface area contributed by atoms with Gasteiger partial charge in [-0.15, -0.1) is 0 Å². The van der Waals surface area contributed by atoms with Crippen molar-refractivity contribution in [1.82, 2.24) is 0 Å². The number of rotatable bonds is 4. The summed E-state index contributed by atoms with van der Waals surface area (Å²) in [6.45, 7) is 1.71. The number of carbonyl (C=O) groups is 1. The van der Waals surface area contributed by atoms with E-state index in [0.717, 1.165) is 36.5 Å². The molecule has 0 amide bonds. The summed E-state index contributed by atoms with van der Waals surface area (Å²) in [5.74, 6) is -0.0165. The first kappa shape index (κ1) is 13.5. The Balaban J connectivity index is 1.82. The van der Waals surface area contributed by atoms with E-state index in [1.807, 2.05) is 24.3 Å². The topological polar surface area (TPSA) is 49.8 Å². The van der Waals surface area contributed by atoms with Gasteiger partial charge in [0.25, 0.3) is 0 Å². The number of hydrogen-bond donors (Lipinski definition) is 1. The van der Waals surface area contributed by atoms with E-state index in [-0.39, 0.29) is 0 Å². The van der Waals surface area contributed by atoms with Gasteiger partial charge in [-0.05, 0) is 47.9 Å². The average molecular weight is 283 g/mol. The van der Waals surface area contributed by atoms with Crippen molar-refractivity contribution < 1.29 is 14.6 Å². The number of ether oxygens (including phenoxy) is 1. The normalized spacial score (nSPS) is 13.1. The highest BCUT2D eigenvalue weighted by atomic mass is 16.5. The van der Waals surface area contributed by atoms with Gasteiger partial charge in [-0.3, -0.25) is 0 Å². The predicted octanol–water partition coefficient (Wildman–Crippen LogP) is 2.96. The Morgan fingerprint density at radius 1 is 1.29 bits per heavy atom. The van der Waals surface area contributed by atoms with Crippen LogP contribution in [0.3, 0.4) is 0 Å². The quantitative estimate of drug-likeness (QED) is 0.937. The molecule has 1 heterocycles. The molecule has 0 aliphatic carbocycles. The molecule has 0 fully saturated rings. The van der Waals surface area contributed by atoms with Crippen LogP contribution >= 0.6 is 0 Å². The molecule has 0 saturated carbocycles. The molecule has 1 aliphatic heterocycles. The Kier molecular flexibility index (Phi) is 3.52. The highest BCUT2D eigenvalue weighted by molar-refractivity contribution is 5.88. The zero-order valence-corrected chi connectivity index (χ0v) is 11.9. The van der Waals surface area contributed by atoms with Crippen LogP contribution in [0.1, 0.15) is 21.5 Å². The lowest BCUT2D eigenvalue weighted by atomic mass is 10.1. The van der Waals surface area contributed by atoms with Gasteiger partial charge in [-0.1, -0.05) is 12.1 Å². The molecular weight excluding hydrogens is 266 g/mol. The fourth-order valence-corrected chi connectivity index (χ4v) is 2.76. The first-order valence-corrected chi connectivity index (χ1v) is 6.91. The molecular formula is C17H17NO3. The van der Waals surface area contributed by atoms with Gasteiger partial charge in [-0.25, -0.2) is 4.79 Å². The molecule has 0 aromatic heterocycles. The van der Waals surface area contributed by atoms with Gasteiger partial charge in [0.05, 0.1) is 12.7 Å². The van der Waals surface area contributed by atoms with E-state index in [2.05, 4.69) is 11.0 Å². The third-order valence-corrected chi connectivity index (χ3v) is 3.83. The summed E-state index contributed by atoms with van der Waals surface area (Å²) in [6.07, 6.45) is 0.889. The minimum atomic E-state index is -0.871. The third kappa shape index (κ3) is 2.70. The van der Waals surface area contributed by atoms with Crippen LogP contribution in [0, 0.1) is 0 Å². The van der Waals surface area contributed by atoms with Crippen LogP contribution in [-0.4, -0.2) is 24.7 Å². The highest BCUT2D eigenvalue weighted by Gasteiger charge is 2.20. The van der Waals surface area contributed by atoms with Crippen molar-refractivity contribution in [1.29, 1.82) is 0 Å². The summed E-state index contributed by atoms with van der Waals surface area (Å²) < 4.78 is 5.25.